The van der Waals surface area contributed by atoms with E-state index in [1.165, 1.54) is 50.7 Å². The fourth-order valence-electron chi connectivity index (χ4n) is 5.59. The van der Waals surface area contributed by atoms with Crippen LogP contribution in [-0.2, 0) is 5.41 Å². The summed E-state index contributed by atoms with van der Waals surface area (Å²) < 4.78 is 0. The van der Waals surface area contributed by atoms with Crippen molar-refractivity contribution in [2.45, 2.75) is 45.1 Å². The van der Waals surface area contributed by atoms with E-state index in [2.05, 4.69) is 84.9 Å². The summed E-state index contributed by atoms with van der Waals surface area (Å²) in [5, 5.41) is 0. The summed E-state index contributed by atoms with van der Waals surface area (Å²) in [6.07, 6.45) is 14.1. The molecule has 0 saturated heterocycles. The molecule has 35 heavy (non-hydrogen) atoms. The van der Waals surface area contributed by atoms with Gasteiger partial charge in [-0.25, -0.2) is 0 Å². The summed E-state index contributed by atoms with van der Waals surface area (Å²) in [5.41, 5.74) is 21.8. The zero-order chi connectivity index (χ0) is 24.8. The molecule has 178 valence electrons. The van der Waals surface area contributed by atoms with E-state index < -0.39 is 0 Å². The second-order valence-corrected chi connectivity index (χ2v) is 8.83. The van der Waals surface area contributed by atoms with E-state index in [4.69, 9.17) is 11.5 Å². The number of fused-ring (bicyclic) bond motifs is 10. The van der Waals surface area contributed by atoms with Crippen LogP contribution in [-0.4, -0.2) is 6.04 Å². The van der Waals surface area contributed by atoms with Gasteiger partial charge in [-0.05, 0) is 76.6 Å². The number of hydrogen-bond donors (Lipinski definition) is 2. The van der Waals surface area contributed by atoms with E-state index in [9.17, 15) is 0 Å². The largest absolute Gasteiger partial charge is 0.405 e. The Morgan fingerprint density at radius 2 is 1.20 bits per heavy atom. The molecular weight excluding hydrogens is 424 g/mol. The monoisotopic (exact) mass is 460 g/mol. The SMILES string of the molecule is C1=C2C(=CCC1)C1(c3ccccc32)c2ccccc2-c2ccccc21.CC.CC(N)/C=C\C=C/N. The van der Waals surface area contributed by atoms with E-state index in [1.54, 1.807) is 6.08 Å². The first kappa shape index (κ1) is 24.5. The van der Waals surface area contributed by atoms with Crippen molar-refractivity contribution in [1.82, 2.24) is 0 Å². The fraction of sp³-hybridized carbons (Fsp3) is 0.212. The van der Waals surface area contributed by atoms with E-state index in [1.807, 2.05) is 32.9 Å². The summed E-state index contributed by atoms with van der Waals surface area (Å²) in [7, 11) is 0. The Hall–Kier alpha value is -3.62. The van der Waals surface area contributed by atoms with Gasteiger partial charge in [0.25, 0.3) is 0 Å². The van der Waals surface area contributed by atoms with Gasteiger partial charge >= 0.3 is 0 Å². The van der Waals surface area contributed by atoms with Crippen LogP contribution in [0.2, 0.25) is 0 Å². The molecule has 3 aromatic rings. The molecule has 2 heteroatoms. The molecular formula is C33H36N2. The molecule has 1 spiro atoms. The zero-order valence-electron chi connectivity index (χ0n) is 21.0. The molecule has 6 rings (SSSR count). The van der Waals surface area contributed by atoms with E-state index in [-0.39, 0.29) is 11.5 Å². The Kier molecular flexibility index (Phi) is 7.53. The maximum absolute atomic E-state index is 5.37. The van der Waals surface area contributed by atoms with Crippen molar-refractivity contribution in [2.75, 3.05) is 0 Å². The van der Waals surface area contributed by atoms with Gasteiger partial charge in [-0.15, -0.1) is 0 Å². The summed E-state index contributed by atoms with van der Waals surface area (Å²) in [6.45, 7) is 5.90. The van der Waals surface area contributed by atoms with Gasteiger partial charge in [0.05, 0.1) is 5.41 Å². The van der Waals surface area contributed by atoms with Gasteiger partial charge < -0.3 is 11.5 Å². The molecule has 2 nitrogen and oxygen atoms in total. The van der Waals surface area contributed by atoms with Gasteiger partial charge in [0.15, 0.2) is 0 Å². The van der Waals surface area contributed by atoms with Gasteiger partial charge in [-0.1, -0.05) is 111 Å². The third-order valence-electron chi connectivity index (χ3n) is 6.77. The highest BCUT2D eigenvalue weighted by atomic mass is 14.6. The Morgan fingerprint density at radius 1 is 0.714 bits per heavy atom. The molecule has 0 saturated carbocycles. The summed E-state index contributed by atoms with van der Waals surface area (Å²) in [5.74, 6) is 0. The lowest BCUT2D eigenvalue weighted by Crippen LogP contribution is -2.26. The Bertz CT molecular complexity index is 1260. The number of benzene rings is 3. The predicted molar refractivity (Wildman–Crippen MR) is 151 cm³/mol. The van der Waals surface area contributed by atoms with Crippen LogP contribution in [0.15, 0.2) is 115 Å². The highest BCUT2D eigenvalue weighted by Gasteiger charge is 2.53. The standard InChI is InChI=1S/C25H18.C6H12N2.C2H6/c1-5-13-21-17(9-1)18-10-2-6-14-22(18)25(21)23-15-7-3-11-19(23)20-12-4-8-16-24(20)25;1-6(8)4-2-3-5-7;1-2/h1-3,5-7,9-16H,4,8H2;2-6H,7-8H2,1H3;1-2H3/b;4-2-,5-3-;. The first-order valence-corrected chi connectivity index (χ1v) is 12.7. The van der Waals surface area contributed by atoms with Crippen LogP contribution < -0.4 is 11.5 Å². The van der Waals surface area contributed by atoms with Crippen molar-refractivity contribution >= 4 is 5.57 Å². The van der Waals surface area contributed by atoms with E-state index in [0.717, 1.165) is 12.8 Å². The van der Waals surface area contributed by atoms with Gasteiger partial charge in [-0.3, -0.25) is 0 Å². The quantitative estimate of drug-likeness (QED) is 0.389. The average Bonchev–Trinajstić information content (AvgIpc) is 3.38. The lowest BCUT2D eigenvalue weighted by atomic mass is 9.69. The van der Waals surface area contributed by atoms with Crippen molar-refractivity contribution in [3.05, 3.63) is 137 Å². The molecule has 3 aliphatic carbocycles. The molecule has 0 amide bonds. The van der Waals surface area contributed by atoms with Gasteiger partial charge in [0.1, 0.15) is 0 Å². The summed E-state index contributed by atoms with van der Waals surface area (Å²) in [4.78, 5) is 0. The second kappa shape index (κ2) is 10.8. The number of nitrogens with two attached hydrogens (primary N) is 2. The molecule has 0 fully saturated rings. The first-order valence-electron chi connectivity index (χ1n) is 12.7. The van der Waals surface area contributed by atoms with Crippen LogP contribution in [0.5, 0.6) is 0 Å². The maximum Gasteiger partial charge on any atom is 0.0722 e. The molecule has 3 aromatic carbocycles. The van der Waals surface area contributed by atoms with Crippen LogP contribution >= 0.6 is 0 Å². The number of rotatable bonds is 2. The van der Waals surface area contributed by atoms with Crippen LogP contribution in [0.3, 0.4) is 0 Å². The van der Waals surface area contributed by atoms with E-state index in [0.29, 0.717) is 0 Å². The molecule has 4 N–H and O–H groups in total. The first-order chi connectivity index (χ1) is 17.2. The average molecular weight is 461 g/mol. The molecule has 0 heterocycles. The predicted octanol–water partition coefficient (Wildman–Crippen LogP) is 7.51. The van der Waals surface area contributed by atoms with Crippen molar-refractivity contribution < 1.29 is 0 Å². The Morgan fingerprint density at radius 3 is 1.74 bits per heavy atom. The number of hydrogen-bond acceptors (Lipinski definition) is 2. The van der Waals surface area contributed by atoms with Crippen LogP contribution in [0.1, 0.15) is 55.9 Å². The molecule has 0 aliphatic heterocycles. The highest BCUT2D eigenvalue weighted by Crippen LogP contribution is 2.64. The van der Waals surface area contributed by atoms with Crippen molar-refractivity contribution in [2.24, 2.45) is 11.5 Å². The second-order valence-electron chi connectivity index (χ2n) is 8.83. The smallest absolute Gasteiger partial charge is 0.0722 e. The Labute approximate surface area is 210 Å². The molecule has 0 aromatic heterocycles. The fourth-order valence-corrected chi connectivity index (χ4v) is 5.59. The minimum absolute atomic E-state index is 0.117. The third kappa shape index (κ3) is 4.09. The van der Waals surface area contributed by atoms with Crippen LogP contribution in [0, 0.1) is 0 Å². The molecule has 1 unspecified atom stereocenters. The lowest BCUT2D eigenvalue weighted by Gasteiger charge is -2.31. The van der Waals surface area contributed by atoms with Crippen molar-refractivity contribution in [3.63, 3.8) is 0 Å². The molecule has 1 atom stereocenters. The normalized spacial score (nSPS) is 16.7. The summed E-state index contributed by atoms with van der Waals surface area (Å²) >= 11 is 0. The maximum atomic E-state index is 5.37. The van der Waals surface area contributed by atoms with E-state index >= 15 is 0 Å². The van der Waals surface area contributed by atoms with Crippen LogP contribution in [0.4, 0.5) is 0 Å². The van der Waals surface area contributed by atoms with Gasteiger partial charge in [-0.2, -0.15) is 0 Å². The molecule has 3 aliphatic rings. The summed E-state index contributed by atoms with van der Waals surface area (Å²) in [6, 6.07) is 27.1. The topological polar surface area (TPSA) is 52.0 Å². The third-order valence-corrected chi connectivity index (χ3v) is 6.77. The molecule has 0 radical (unpaired) electrons. The highest BCUT2D eigenvalue weighted by molar-refractivity contribution is 6.00. The van der Waals surface area contributed by atoms with Crippen molar-refractivity contribution in [1.29, 1.82) is 0 Å². The minimum atomic E-state index is -0.129. The van der Waals surface area contributed by atoms with Gasteiger partial charge in [0.2, 0.25) is 0 Å². The van der Waals surface area contributed by atoms with Crippen molar-refractivity contribution in [3.8, 4) is 11.1 Å². The lowest BCUT2D eigenvalue weighted by molar-refractivity contribution is 0.782. The number of allylic oxidation sites excluding steroid dienone is 6. The Balaban J connectivity index is 0.000000250. The van der Waals surface area contributed by atoms with Crippen LogP contribution in [0.25, 0.3) is 16.7 Å². The minimum Gasteiger partial charge on any atom is -0.405 e. The molecule has 0 bridgehead atoms. The van der Waals surface area contributed by atoms with Gasteiger partial charge in [0, 0.05) is 6.04 Å². The zero-order valence-corrected chi connectivity index (χ0v) is 21.0.